The van der Waals surface area contributed by atoms with Crippen LogP contribution in [-0.4, -0.2) is 24.4 Å². The van der Waals surface area contributed by atoms with Gasteiger partial charge in [-0.25, -0.2) is 0 Å². The first-order valence-corrected chi connectivity index (χ1v) is 10.5. The van der Waals surface area contributed by atoms with Gasteiger partial charge in [-0.1, -0.05) is 54.6 Å². The molecule has 4 N–H and O–H groups in total. The number of hydrogen-bond acceptors (Lipinski definition) is 5. The van der Waals surface area contributed by atoms with Crippen LogP contribution in [0.2, 0.25) is 0 Å². The lowest BCUT2D eigenvalue weighted by Crippen LogP contribution is -2.31. The molecule has 148 valence electrons. The van der Waals surface area contributed by atoms with Crippen LogP contribution >= 0.6 is 11.3 Å². The predicted molar refractivity (Wildman–Crippen MR) is 121 cm³/mol. The van der Waals surface area contributed by atoms with E-state index in [0.717, 1.165) is 32.8 Å². The molecular formula is C24H24N2O2S. The number of nitrogen functional groups attached to an aromatic ring is 1. The Kier molecular flexibility index (Phi) is 6.10. The van der Waals surface area contributed by atoms with Gasteiger partial charge < -0.3 is 20.9 Å². The summed E-state index contributed by atoms with van der Waals surface area (Å²) in [7, 11) is 0. The van der Waals surface area contributed by atoms with Gasteiger partial charge in [0.25, 0.3) is 0 Å². The van der Waals surface area contributed by atoms with E-state index < -0.39 is 6.10 Å². The summed E-state index contributed by atoms with van der Waals surface area (Å²) < 4.78 is 5.77. The molecule has 0 aliphatic rings. The Hall–Kier alpha value is -2.86. The molecule has 1 heterocycles. The quantitative estimate of drug-likeness (QED) is 0.399. The van der Waals surface area contributed by atoms with E-state index in [4.69, 9.17) is 10.5 Å². The molecule has 0 aliphatic carbocycles. The van der Waals surface area contributed by atoms with Crippen molar-refractivity contribution in [3.05, 3.63) is 83.7 Å². The van der Waals surface area contributed by atoms with Gasteiger partial charge in [-0.2, -0.15) is 0 Å². The monoisotopic (exact) mass is 404 g/mol. The molecule has 4 aromatic rings. The number of hydrogen-bond donors (Lipinski definition) is 3. The van der Waals surface area contributed by atoms with Crippen LogP contribution in [0.3, 0.4) is 0 Å². The van der Waals surface area contributed by atoms with Gasteiger partial charge in [0.15, 0.2) is 0 Å². The van der Waals surface area contributed by atoms with Gasteiger partial charge in [-0.05, 0) is 45.5 Å². The molecular weight excluding hydrogens is 380 g/mol. The summed E-state index contributed by atoms with van der Waals surface area (Å²) in [5, 5.41) is 18.7. The van der Waals surface area contributed by atoms with E-state index in [9.17, 15) is 5.11 Å². The molecule has 1 aromatic heterocycles. The van der Waals surface area contributed by atoms with Crippen LogP contribution in [0.25, 0.3) is 21.9 Å². The average molecular weight is 405 g/mol. The van der Waals surface area contributed by atoms with Gasteiger partial charge in [0.2, 0.25) is 0 Å². The van der Waals surface area contributed by atoms with Gasteiger partial charge in [0.1, 0.15) is 18.5 Å². The molecule has 0 aliphatic heterocycles. The first-order chi connectivity index (χ1) is 14.2. The Morgan fingerprint density at radius 1 is 0.931 bits per heavy atom. The van der Waals surface area contributed by atoms with E-state index in [1.165, 1.54) is 5.39 Å². The molecule has 0 fully saturated rings. The molecule has 0 spiro atoms. The lowest BCUT2D eigenvalue weighted by molar-refractivity contribution is 0.106. The number of aliphatic hydroxyl groups excluding tert-OH is 1. The second kappa shape index (κ2) is 9.09. The van der Waals surface area contributed by atoms with Gasteiger partial charge in [-0.15, -0.1) is 11.3 Å². The second-order valence-corrected chi connectivity index (χ2v) is 7.91. The first kappa shape index (κ1) is 19.5. The minimum absolute atomic E-state index is 0.241. The Morgan fingerprint density at radius 3 is 2.55 bits per heavy atom. The van der Waals surface area contributed by atoms with Crippen molar-refractivity contribution in [2.24, 2.45) is 0 Å². The van der Waals surface area contributed by atoms with Crippen LogP contribution in [0.15, 0.2) is 78.2 Å². The normalized spacial score (nSPS) is 12.2. The SMILES string of the molecule is Nc1sccc1-c1ccccc1CNCC(O)COc1ccc2ccccc2c1. The summed E-state index contributed by atoms with van der Waals surface area (Å²) in [5.41, 5.74) is 9.43. The maximum absolute atomic E-state index is 10.3. The zero-order valence-electron chi connectivity index (χ0n) is 16.0. The largest absolute Gasteiger partial charge is 0.491 e. The molecule has 3 aromatic carbocycles. The first-order valence-electron chi connectivity index (χ1n) is 9.62. The minimum atomic E-state index is -0.597. The van der Waals surface area contributed by atoms with Crippen LogP contribution in [0.5, 0.6) is 5.75 Å². The standard InChI is InChI=1S/C24H24N2O2S/c25-24-23(11-12-29-24)22-8-4-3-7-19(22)14-26-15-20(27)16-28-21-10-9-17-5-1-2-6-18(17)13-21/h1-13,20,26-27H,14-16,25H2. The highest BCUT2D eigenvalue weighted by Crippen LogP contribution is 2.32. The fourth-order valence-corrected chi connectivity index (χ4v) is 4.02. The molecule has 0 saturated carbocycles. The minimum Gasteiger partial charge on any atom is -0.491 e. The van der Waals surface area contributed by atoms with E-state index in [0.29, 0.717) is 13.1 Å². The number of thiophene rings is 1. The molecule has 4 rings (SSSR count). The number of nitrogens with two attached hydrogens (primary N) is 1. The summed E-state index contributed by atoms with van der Waals surface area (Å²) in [6.45, 7) is 1.34. The number of aliphatic hydroxyl groups is 1. The number of fused-ring (bicyclic) bond motifs is 1. The molecule has 0 bridgehead atoms. The van der Waals surface area contributed by atoms with Gasteiger partial charge in [0.05, 0.1) is 5.00 Å². The molecule has 1 unspecified atom stereocenters. The number of ether oxygens (including phenoxy) is 1. The van der Waals surface area contributed by atoms with Crippen molar-refractivity contribution in [2.45, 2.75) is 12.6 Å². The lowest BCUT2D eigenvalue weighted by Gasteiger charge is -2.15. The third-order valence-electron chi connectivity index (χ3n) is 4.86. The molecule has 29 heavy (non-hydrogen) atoms. The van der Waals surface area contributed by atoms with Gasteiger partial charge >= 0.3 is 0 Å². The summed E-state index contributed by atoms with van der Waals surface area (Å²) in [4.78, 5) is 0. The zero-order chi connectivity index (χ0) is 20.1. The third-order valence-corrected chi connectivity index (χ3v) is 5.61. The van der Waals surface area contributed by atoms with Gasteiger partial charge in [-0.3, -0.25) is 0 Å². The van der Waals surface area contributed by atoms with E-state index >= 15 is 0 Å². The lowest BCUT2D eigenvalue weighted by atomic mass is 10.0. The number of nitrogens with one attached hydrogen (secondary N) is 1. The van der Waals surface area contributed by atoms with Crippen molar-refractivity contribution in [2.75, 3.05) is 18.9 Å². The zero-order valence-corrected chi connectivity index (χ0v) is 16.9. The van der Waals surface area contributed by atoms with E-state index in [-0.39, 0.29) is 6.61 Å². The Bertz CT molecular complexity index is 1090. The second-order valence-electron chi connectivity index (χ2n) is 6.96. The summed E-state index contributed by atoms with van der Waals surface area (Å²) in [6.07, 6.45) is -0.597. The maximum atomic E-state index is 10.3. The Morgan fingerprint density at radius 2 is 1.72 bits per heavy atom. The number of anilines is 1. The summed E-state index contributed by atoms with van der Waals surface area (Å²) in [6, 6.07) is 24.3. The fourth-order valence-electron chi connectivity index (χ4n) is 3.36. The van der Waals surface area contributed by atoms with Crippen molar-refractivity contribution in [1.82, 2.24) is 5.32 Å². The van der Waals surface area contributed by atoms with E-state index in [1.54, 1.807) is 11.3 Å². The Balaban J connectivity index is 1.30. The number of rotatable bonds is 8. The Labute approximate surface area is 174 Å². The smallest absolute Gasteiger partial charge is 0.120 e. The van der Waals surface area contributed by atoms with Crippen LogP contribution in [0.1, 0.15) is 5.56 Å². The number of benzene rings is 3. The van der Waals surface area contributed by atoms with Gasteiger partial charge in [0, 0.05) is 18.7 Å². The van der Waals surface area contributed by atoms with E-state index in [2.05, 4.69) is 29.6 Å². The highest BCUT2D eigenvalue weighted by molar-refractivity contribution is 7.14. The molecule has 5 heteroatoms. The highest BCUT2D eigenvalue weighted by atomic mass is 32.1. The van der Waals surface area contributed by atoms with Crippen molar-refractivity contribution >= 4 is 27.1 Å². The van der Waals surface area contributed by atoms with Crippen molar-refractivity contribution in [3.63, 3.8) is 0 Å². The van der Waals surface area contributed by atoms with Crippen molar-refractivity contribution < 1.29 is 9.84 Å². The third kappa shape index (κ3) is 4.77. The van der Waals surface area contributed by atoms with Crippen LogP contribution in [-0.2, 0) is 6.54 Å². The molecule has 1 atom stereocenters. The maximum Gasteiger partial charge on any atom is 0.120 e. The highest BCUT2D eigenvalue weighted by Gasteiger charge is 2.10. The average Bonchev–Trinajstić information content (AvgIpc) is 3.18. The fraction of sp³-hybridized carbons (Fsp3) is 0.167. The molecule has 4 nitrogen and oxygen atoms in total. The molecule has 0 radical (unpaired) electrons. The molecule has 0 amide bonds. The summed E-state index contributed by atoms with van der Waals surface area (Å²) in [5.74, 6) is 0.765. The summed E-state index contributed by atoms with van der Waals surface area (Å²) >= 11 is 1.54. The van der Waals surface area contributed by atoms with Crippen molar-refractivity contribution in [3.8, 4) is 16.9 Å². The topological polar surface area (TPSA) is 67.5 Å². The predicted octanol–water partition coefficient (Wildman–Crippen LogP) is 4.68. The van der Waals surface area contributed by atoms with Crippen LogP contribution in [0.4, 0.5) is 5.00 Å². The van der Waals surface area contributed by atoms with E-state index in [1.807, 2.05) is 53.9 Å². The van der Waals surface area contributed by atoms with Crippen molar-refractivity contribution in [1.29, 1.82) is 0 Å². The van der Waals surface area contributed by atoms with Crippen LogP contribution in [0, 0.1) is 0 Å². The molecule has 0 saturated heterocycles. The van der Waals surface area contributed by atoms with Crippen LogP contribution < -0.4 is 15.8 Å².